The average molecular weight is 366 g/mol. The molecule has 0 amide bonds. The summed E-state index contributed by atoms with van der Waals surface area (Å²) >= 11 is 5.89. The number of nitrogens with two attached hydrogens (primary N) is 1. The smallest absolute Gasteiger partial charge is 0.339 e. The molecule has 3 aromatic carbocycles. The molecule has 0 aliphatic heterocycles. The third-order valence-electron chi connectivity index (χ3n) is 3.86. The van der Waals surface area contributed by atoms with Gasteiger partial charge >= 0.3 is 5.97 Å². The van der Waals surface area contributed by atoms with Crippen LogP contribution in [-0.2, 0) is 4.74 Å². The quantitative estimate of drug-likeness (QED) is 0.404. The fourth-order valence-electron chi connectivity index (χ4n) is 2.50. The maximum absolute atomic E-state index is 12.9. The van der Waals surface area contributed by atoms with E-state index in [-0.39, 0.29) is 17.0 Å². The van der Waals surface area contributed by atoms with Crippen molar-refractivity contribution >= 4 is 29.0 Å². The summed E-state index contributed by atoms with van der Waals surface area (Å²) in [6.45, 7) is 0. The van der Waals surface area contributed by atoms with Crippen LogP contribution >= 0.6 is 11.6 Å². The monoisotopic (exact) mass is 365 g/mol. The van der Waals surface area contributed by atoms with Gasteiger partial charge in [0.1, 0.15) is 0 Å². The van der Waals surface area contributed by atoms with E-state index in [0.29, 0.717) is 16.1 Å². The van der Waals surface area contributed by atoms with Crippen LogP contribution in [-0.4, -0.2) is 11.8 Å². The van der Waals surface area contributed by atoms with Crippen molar-refractivity contribution in [2.24, 2.45) is 0 Å². The Morgan fingerprint density at radius 2 is 1.46 bits per heavy atom. The van der Waals surface area contributed by atoms with Gasteiger partial charge in [-0.3, -0.25) is 4.79 Å². The van der Waals surface area contributed by atoms with Crippen LogP contribution in [0.5, 0.6) is 0 Å². The van der Waals surface area contributed by atoms with Gasteiger partial charge < -0.3 is 10.5 Å². The van der Waals surface area contributed by atoms with Crippen molar-refractivity contribution in [2.75, 3.05) is 5.73 Å². The molecule has 0 radical (unpaired) electrons. The maximum Gasteiger partial charge on any atom is 0.339 e. The third kappa shape index (κ3) is 3.92. The molecule has 0 heterocycles. The van der Waals surface area contributed by atoms with E-state index in [1.54, 1.807) is 48.5 Å². The molecule has 1 unspecified atom stereocenters. The Labute approximate surface area is 156 Å². The minimum absolute atomic E-state index is 0.230. The van der Waals surface area contributed by atoms with Crippen molar-refractivity contribution in [1.29, 1.82) is 0 Å². The SMILES string of the molecule is Nc1cc(C(=O)OC(C(=O)c2ccccc2)c2ccccc2)ccc1Cl. The first-order chi connectivity index (χ1) is 12.6. The molecule has 0 saturated heterocycles. The lowest BCUT2D eigenvalue weighted by Crippen LogP contribution is -2.20. The summed E-state index contributed by atoms with van der Waals surface area (Å²) in [5, 5.41) is 0.349. The van der Waals surface area contributed by atoms with Crippen LogP contribution in [0.1, 0.15) is 32.4 Å². The molecule has 3 aromatic rings. The van der Waals surface area contributed by atoms with Crippen LogP contribution in [0.2, 0.25) is 5.02 Å². The van der Waals surface area contributed by atoms with E-state index in [0.717, 1.165) is 0 Å². The summed E-state index contributed by atoms with van der Waals surface area (Å²) in [6, 6.07) is 22.1. The molecule has 4 nitrogen and oxygen atoms in total. The second-order valence-electron chi connectivity index (χ2n) is 5.66. The second-order valence-corrected chi connectivity index (χ2v) is 6.07. The van der Waals surface area contributed by atoms with Crippen LogP contribution in [0.25, 0.3) is 0 Å². The van der Waals surface area contributed by atoms with Crippen LogP contribution in [0.4, 0.5) is 5.69 Å². The number of rotatable bonds is 5. The molecule has 3 rings (SSSR count). The Morgan fingerprint density at radius 1 is 0.846 bits per heavy atom. The molecule has 1 atom stereocenters. The highest BCUT2D eigenvalue weighted by Crippen LogP contribution is 2.26. The molecule has 5 heteroatoms. The first kappa shape index (κ1) is 17.7. The zero-order valence-electron chi connectivity index (χ0n) is 13.8. The van der Waals surface area contributed by atoms with Gasteiger partial charge in [0.05, 0.1) is 16.3 Å². The molecule has 0 saturated carbocycles. The number of hydrogen-bond acceptors (Lipinski definition) is 4. The Kier molecular flexibility index (Phi) is 5.34. The van der Waals surface area contributed by atoms with Gasteiger partial charge in [0.2, 0.25) is 5.78 Å². The molecular formula is C21H16ClNO3. The van der Waals surface area contributed by atoms with E-state index in [1.165, 1.54) is 18.2 Å². The number of anilines is 1. The van der Waals surface area contributed by atoms with Gasteiger partial charge in [-0.15, -0.1) is 0 Å². The predicted molar refractivity (Wildman–Crippen MR) is 101 cm³/mol. The lowest BCUT2D eigenvalue weighted by atomic mass is 10.00. The average Bonchev–Trinajstić information content (AvgIpc) is 2.69. The highest BCUT2D eigenvalue weighted by atomic mass is 35.5. The van der Waals surface area contributed by atoms with Gasteiger partial charge in [0.15, 0.2) is 6.10 Å². The van der Waals surface area contributed by atoms with Gasteiger partial charge in [-0.05, 0) is 18.2 Å². The first-order valence-corrected chi connectivity index (χ1v) is 8.34. The minimum atomic E-state index is -1.05. The van der Waals surface area contributed by atoms with Crippen molar-refractivity contribution in [3.8, 4) is 0 Å². The van der Waals surface area contributed by atoms with Crippen LogP contribution in [0.15, 0.2) is 78.9 Å². The number of ether oxygens (including phenoxy) is 1. The summed E-state index contributed by atoms with van der Waals surface area (Å²) in [4.78, 5) is 25.5. The fourth-order valence-corrected chi connectivity index (χ4v) is 2.62. The van der Waals surface area contributed by atoms with Gasteiger partial charge in [-0.1, -0.05) is 72.3 Å². The van der Waals surface area contributed by atoms with Crippen LogP contribution < -0.4 is 5.73 Å². The molecule has 0 aliphatic rings. The highest BCUT2D eigenvalue weighted by Gasteiger charge is 2.26. The summed E-state index contributed by atoms with van der Waals surface area (Å²) in [5.41, 5.74) is 7.30. The van der Waals surface area contributed by atoms with Crippen molar-refractivity contribution in [2.45, 2.75) is 6.10 Å². The zero-order valence-corrected chi connectivity index (χ0v) is 14.5. The Hall–Kier alpha value is -3.11. The Bertz CT molecular complexity index is 927. The number of benzene rings is 3. The Morgan fingerprint density at radius 3 is 2.08 bits per heavy atom. The molecular weight excluding hydrogens is 350 g/mol. The second kappa shape index (κ2) is 7.85. The Balaban J connectivity index is 1.92. The first-order valence-electron chi connectivity index (χ1n) is 7.96. The molecule has 2 N–H and O–H groups in total. The molecule has 0 aromatic heterocycles. The normalized spacial score (nSPS) is 11.6. The standard InChI is InChI=1S/C21H16ClNO3/c22-17-12-11-16(13-18(17)23)21(25)26-20(15-9-5-2-6-10-15)19(24)14-7-3-1-4-8-14/h1-13,20H,23H2. The minimum Gasteiger partial charge on any atom is -0.445 e. The molecule has 130 valence electrons. The van der Waals surface area contributed by atoms with E-state index in [4.69, 9.17) is 22.1 Å². The largest absolute Gasteiger partial charge is 0.445 e. The van der Waals surface area contributed by atoms with Crippen molar-refractivity contribution in [1.82, 2.24) is 0 Å². The van der Waals surface area contributed by atoms with Gasteiger partial charge in [-0.25, -0.2) is 4.79 Å². The van der Waals surface area contributed by atoms with Gasteiger partial charge in [-0.2, -0.15) is 0 Å². The number of esters is 1. The summed E-state index contributed by atoms with van der Waals surface area (Å²) in [5.74, 6) is -0.946. The summed E-state index contributed by atoms with van der Waals surface area (Å²) in [6.07, 6.45) is -1.05. The number of carbonyl (C=O) groups is 2. The van der Waals surface area contributed by atoms with E-state index in [2.05, 4.69) is 0 Å². The van der Waals surface area contributed by atoms with E-state index in [9.17, 15) is 9.59 Å². The highest BCUT2D eigenvalue weighted by molar-refractivity contribution is 6.33. The van der Waals surface area contributed by atoms with Crippen LogP contribution in [0, 0.1) is 0 Å². The molecule has 0 aliphatic carbocycles. The van der Waals surface area contributed by atoms with Gasteiger partial charge in [0.25, 0.3) is 0 Å². The van der Waals surface area contributed by atoms with E-state index >= 15 is 0 Å². The van der Waals surface area contributed by atoms with Gasteiger partial charge in [0, 0.05) is 11.1 Å². The lowest BCUT2D eigenvalue weighted by molar-refractivity contribution is 0.0280. The number of ketones is 1. The third-order valence-corrected chi connectivity index (χ3v) is 4.20. The van der Waals surface area contributed by atoms with E-state index < -0.39 is 12.1 Å². The molecule has 0 fully saturated rings. The number of Topliss-reactive ketones (excluding diaryl/α,β-unsaturated/α-hetero) is 1. The molecule has 0 spiro atoms. The maximum atomic E-state index is 12.9. The van der Waals surface area contributed by atoms with Crippen LogP contribution in [0.3, 0.4) is 0 Å². The van der Waals surface area contributed by atoms with Crippen molar-refractivity contribution in [3.63, 3.8) is 0 Å². The number of hydrogen-bond donors (Lipinski definition) is 1. The predicted octanol–water partition coefficient (Wildman–Crippen LogP) is 4.70. The summed E-state index contributed by atoms with van der Waals surface area (Å²) < 4.78 is 5.55. The summed E-state index contributed by atoms with van der Waals surface area (Å²) in [7, 11) is 0. The van der Waals surface area contributed by atoms with E-state index in [1.807, 2.05) is 12.1 Å². The fraction of sp³-hybridized carbons (Fsp3) is 0.0476. The van der Waals surface area contributed by atoms with Crippen molar-refractivity contribution < 1.29 is 14.3 Å². The zero-order chi connectivity index (χ0) is 18.5. The lowest BCUT2D eigenvalue weighted by Gasteiger charge is -2.17. The van der Waals surface area contributed by atoms with Crippen molar-refractivity contribution in [3.05, 3.63) is 101 Å². The molecule has 26 heavy (non-hydrogen) atoms. The number of halogens is 1. The molecule has 0 bridgehead atoms. The topological polar surface area (TPSA) is 69.4 Å². The number of nitrogen functional groups attached to an aromatic ring is 1. The number of carbonyl (C=O) groups excluding carboxylic acids is 2.